The van der Waals surface area contributed by atoms with Gasteiger partial charge in [-0.1, -0.05) is 289 Å². The normalized spacial score (nSPS) is 12.9. The predicted octanol–water partition coefficient (Wildman–Crippen LogP) is 17.5. The number of nitrogens with one attached hydrogen (secondary N) is 1. The Kier molecular flexibility index (Phi) is 50.2. The van der Waals surface area contributed by atoms with Crippen LogP contribution in [0.2, 0.25) is 0 Å². The zero-order valence-corrected chi connectivity index (χ0v) is 40.3. The number of unbranched alkanes of at least 4 members (excludes halogenated alkanes) is 41. The summed E-state index contributed by atoms with van der Waals surface area (Å²) in [6.45, 7) is 4.32. The van der Waals surface area contributed by atoms with Gasteiger partial charge in [0.2, 0.25) is 5.91 Å². The molecule has 4 nitrogen and oxygen atoms in total. The van der Waals surface area contributed by atoms with Crippen LogP contribution in [0, 0.1) is 0 Å². The summed E-state index contributed by atoms with van der Waals surface area (Å²) in [6, 6.07) is -0.635. The Morgan fingerprint density at radius 1 is 0.390 bits per heavy atom. The molecule has 0 bridgehead atoms. The molecule has 0 aliphatic rings. The molecule has 0 fully saturated rings. The van der Waals surface area contributed by atoms with E-state index in [2.05, 4.69) is 31.3 Å². The zero-order chi connectivity index (χ0) is 42.8. The van der Waals surface area contributed by atoms with Crippen LogP contribution in [-0.4, -0.2) is 34.9 Å². The minimum atomic E-state index is -0.858. The molecule has 0 heterocycles. The highest BCUT2D eigenvalue weighted by molar-refractivity contribution is 5.76. The molecular weight excluding hydrogens is 723 g/mol. The molecule has 4 heteroatoms. The molecule has 2 atom stereocenters. The molecule has 0 aromatic rings. The SMILES string of the molecule is CCCCCCCCCCC/C=C/CC/C=C/C(O)C(CO)NC(=O)CCCCCCCCCCCCCCCCCCCCCCCCCCCCCCCCCC. The summed E-state index contributed by atoms with van der Waals surface area (Å²) in [6.07, 6.45) is 67.7. The van der Waals surface area contributed by atoms with Crippen molar-refractivity contribution in [1.82, 2.24) is 5.32 Å². The second-order valence-electron chi connectivity index (χ2n) is 18.7. The van der Waals surface area contributed by atoms with Crippen molar-refractivity contribution in [3.63, 3.8) is 0 Å². The molecule has 3 N–H and O–H groups in total. The molecule has 0 aromatic heterocycles. The lowest BCUT2D eigenvalue weighted by molar-refractivity contribution is -0.123. The van der Waals surface area contributed by atoms with Crippen LogP contribution < -0.4 is 5.32 Å². The summed E-state index contributed by atoms with van der Waals surface area (Å²) in [5.74, 6) is -0.0681. The highest BCUT2D eigenvalue weighted by atomic mass is 16.3. The Hall–Kier alpha value is -1.13. The highest BCUT2D eigenvalue weighted by Crippen LogP contribution is 2.17. The first-order valence-electron chi connectivity index (χ1n) is 27.1. The zero-order valence-electron chi connectivity index (χ0n) is 40.3. The number of hydrogen-bond donors (Lipinski definition) is 3. The quantitative estimate of drug-likeness (QED) is 0.0422. The van der Waals surface area contributed by atoms with E-state index in [0.717, 1.165) is 32.1 Å². The van der Waals surface area contributed by atoms with E-state index in [1.54, 1.807) is 6.08 Å². The summed E-state index contributed by atoms with van der Waals surface area (Å²) in [4.78, 5) is 12.4. The molecule has 0 rings (SSSR count). The van der Waals surface area contributed by atoms with Crippen LogP contribution in [0.25, 0.3) is 0 Å². The van der Waals surface area contributed by atoms with E-state index < -0.39 is 12.1 Å². The molecule has 0 aliphatic carbocycles. The van der Waals surface area contributed by atoms with Crippen LogP contribution in [0.15, 0.2) is 24.3 Å². The van der Waals surface area contributed by atoms with Gasteiger partial charge in [-0.2, -0.15) is 0 Å². The Morgan fingerprint density at radius 2 is 0.661 bits per heavy atom. The van der Waals surface area contributed by atoms with Crippen molar-refractivity contribution in [2.24, 2.45) is 0 Å². The molecule has 0 saturated carbocycles. The number of carbonyl (C=O) groups excluding carboxylic acids is 1. The first-order valence-corrected chi connectivity index (χ1v) is 27.1. The number of carbonyl (C=O) groups is 1. The van der Waals surface area contributed by atoms with Gasteiger partial charge in [-0.05, 0) is 32.1 Å². The average molecular weight is 830 g/mol. The fraction of sp³-hybridized carbons (Fsp3) is 0.909. The molecule has 59 heavy (non-hydrogen) atoms. The third-order valence-electron chi connectivity index (χ3n) is 12.7. The van der Waals surface area contributed by atoms with Gasteiger partial charge in [-0.3, -0.25) is 4.79 Å². The van der Waals surface area contributed by atoms with Gasteiger partial charge in [0.25, 0.3) is 0 Å². The van der Waals surface area contributed by atoms with Gasteiger partial charge in [0.1, 0.15) is 0 Å². The van der Waals surface area contributed by atoms with Crippen molar-refractivity contribution in [3.8, 4) is 0 Å². The van der Waals surface area contributed by atoms with E-state index in [9.17, 15) is 15.0 Å². The summed E-state index contributed by atoms with van der Waals surface area (Å²) in [7, 11) is 0. The van der Waals surface area contributed by atoms with Crippen molar-refractivity contribution in [2.45, 2.75) is 315 Å². The van der Waals surface area contributed by atoms with Gasteiger partial charge >= 0.3 is 0 Å². The number of amides is 1. The van der Waals surface area contributed by atoms with E-state index in [0.29, 0.717) is 6.42 Å². The van der Waals surface area contributed by atoms with Gasteiger partial charge in [0.05, 0.1) is 18.8 Å². The van der Waals surface area contributed by atoms with Gasteiger partial charge in [-0.15, -0.1) is 0 Å². The summed E-state index contributed by atoms with van der Waals surface area (Å²) < 4.78 is 0. The maximum absolute atomic E-state index is 12.4. The van der Waals surface area contributed by atoms with Gasteiger partial charge < -0.3 is 15.5 Å². The fourth-order valence-corrected chi connectivity index (χ4v) is 8.55. The number of rotatable bonds is 50. The van der Waals surface area contributed by atoms with Crippen LogP contribution in [0.3, 0.4) is 0 Å². The highest BCUT2D eigenvalue weighted by Gasteiger charge is 2.18. The monoisotopic (exact) mass is 830 g/mol. The minimum absolute atomic E-state index is 0.0681. The summed E-state index contributed by atoms with van der Waals surface area (Å²) >= 11 is 0. The fourth-order valence-electron chi connectivity index (χ4n) is 8.55. The first-order chi connectivity index (χ1) is 29.2. The molecule has 2 unspecified atom stereocenters. The van der Waals surface area contributed by atoms with Crippen molar-refractivity contribution in [1.29, 1.82) is 0 Å². The molecule has 0 aromatic carbocycles. The summed E-state index contributed by atoms with van der Waals surface area (Å²) in [5.41, 5.74) is 0. The van der Waals surface area contributed by atoms with Crippen LogP contribution in [0.4, 0.5) is 0 Å². The Balaban J connectivity index is 3.42. The smallest absolute Gasteiger partial charge is 0.220 e. The number of aliphatic hydroxyl groups is 2. The van der Waals surface area contributed by atoms with Crippen molar-refractivity contribution >= 4 is 5.91 Å². The van der Waals surface area contributed by atoms with E-state index in [1.807, 2.05) is 6.08 Å². The largest absolute Gasteiger partial charge is 0.394 e. The van der Waals surface area contributed by atoms with Crippen LogP contribution >= 0.6 is 0 Å². The minimum Gasteiger partial charge on any atom is -0.394 e. The number of hydrogen-bond acceptors (Lipinski definition) is 3. The number of aliphatic hydroxyl groups excluding tert-OH is 2. The van der Waals surface area contributed by atoms with Crippen LogP contribution in [-0.2, 0) is 4.79 Å². The Morgan fingerprint density at radius 3 is 0.983 bits per heavy atom. The van der Waals surface area contributed by atoms with Gasteiger partial charge in [0, 0.05) is 6.42 Å². The summed E-state index contributed by atoms with van der Waals surface area (Å²) in [5, 5.41) is 23.1. The van der Waals surface area contributed by atoms with Gasteiger partial charge in [-0.25, -0.2) is 0 Å². The van der Waals surface area contributed by atoms with Crippen molar-refractivity contribution < 1.29 is 15.0 Å². The van der Waals surface area contributed by atoms with E-state index >= 15 is 0 Å². The second-order valence-corrected chi connectivity index (χ2v) is 18.7. The van der Waals surface area contributed by atoms with Crippen molar-refractivity contribution in [3.05, 3.63) is 24.3 Å². The van der Waals surface area contributed by atoms with E-state index in [-0.39, 0.29) is 12.5 Å². The lowest BCUT2D eigenvalue weighted by Crippen LogP contribution is -2.45. The molecule has 350 valence electrons. The first kappa shape index (κ1) is 57.9. The lowest BCUT2D eigenvalue weighted by atomic mass is 10.0. The van der Waals surface area contributed by atoms with Crippen molar-refractivity contribution in [2.75, 3.05) is 6.61 Å². The van der Waals surface area contributed by atoms with Gasteiger partial charge in [0.15, 0.2) is 0 Å². The third-order valence-corrected chi connectivity index (χ3v) is 12.7. The molecule has 0 aliphatic heterocycles. The standard InChI is InChI=1S/C55H107NO3/c1-3-5-7-9-11-13-15-17-19-20-21-22-23-24-25-26-27-28-29-30-31-32-33-34-35-37-39-41-43-45-47-49-51-55(59)56-53(52-57)54(58)50-48-46-44-42-40-38-36-18-16-14-12-10-8-6-4-2/h40,42,48,50,53-54,57-58H,3-39,41,43-47,49,51-52H2,1-2H3,(H,56,59)/b42-40+,50-48+. The molecule has 1 amide bonds. The molecule has 0 saturated heterocycles. The molecule has 0 radical (unpaired) electrons. The average Bonchev–Trinajstić information content (AvgIpc) is 3.24. The molecular formula is C55H107NO3. The Bertz CT molecular complexity index is 855. The van der Waals surface area contributed by atoms with E-state index in [4.69, 9.17) is 0 Å². The van der Waals surface area contributed by atoms with Crippen LogP contribution in [0.5, 0.6) is 0 Å². The maximum atomic E-state index is 12.4. The lowest BCUT2D eigenvalue weighted by Gasteiger charge is -2.19. The molecule has 0 spiro atoms. The third kappa shape index (κ3) is 47.8. The van der Waals surface area contributed by atoms with E-state index in [1.165, 1.54) is 250 Å². The topological polar surface area (TPSA) is 69.6 Å². The van der Waals surface area contributed by atoms with Crippen LogP contribution in [0.1, 0.15) is 303 Å². The Labute approximate surface area is 370 Å². The predicted molar refractivity (Wildman–Crippen MR) is 262 cm³/mol. The maximum Gasteiger partial charge on any atom is 0.220 e. The number of allylic oxidation sites excluding steroid dienone is 3. The second kappa shape index (κ2) is 51.2.